The molecule has 0 aromatic rings. The summed E-state index contributed by atoms with van der Waals surface area (Å²) in [5.41, 5.74) is 6.74. The van der Waals surface area contributed by atoms with Crippen molar-refractivity contribution < 1.29 is 0 Å². The maximum atomic E-state index is 3.26. The lowest BCUT2D eigenvalue weighted by Crippen LogP contribution is -2.29. The van der Waals surface area contributed by atoms with E-state index in [0.29, 0.717) is 0 Å². The second-order valence-corrected chi connectivity index (χ2v) is 4.44. The fourth-order valence-corrected chi connectivity index (χ4v) is 1.29. The van der Waals surface area contributed by atoms with E-state index >= 15 is 0 Å². The summed E-state index contributed by atoms with van der Waals surface area (Å²) in [6.07, 6.45) is 2.35. The third kappa shape index (κ3) is 4.04. The summed E-state index contributed by atoms with van der Waals surface area (Å²) < 4.78 is 0. The first-order chi connectivity index (χ1) is 6.04. The minimum Gasteiger partial charge on any atom is -0.309 e. The first-order valence-electron chi connectivity index (χ1n) is 4.88. The largest absolute Gasteiger partial charge is 0.309 e. The average Bonchev–Trinajstić information content (AvgIpc) is 2.78. The molecule has 0 bridgehead atoms. The van der Waals surface area contributed by atoms with Crippen LogP contribution in [0.5, 0.6) is 0 Å². The number of hydrogen-bond acceptors (Lipinski definition) is 4. The monoisotopic (exact) mass is 186 g/mol. The van der Waals surface area contributed by atoms with Crippen LogP contribution in [-0.4, -0.2) is 56.7 Å². The molecule has 1 rings (SSSR count). The topological polar surface area (TPSA) is 50.4 Å². The molecule has 2 N–H and O–H groups in total. The van der Waals surface area contributed by atoms with E-state index in [9.17, 15) is 0 Å². The van der Waals surface area contributed by atoms with Gasteiger partial charge in [0.1, 0.15) is 0 Å². The Balaban J connectivity index is 2.15. The second-order valence-electron chi connectivity index (χ2n) is 4.44. The standard InChI is InChI=1S/C9H22N4/c1-12(2)7-5-9(10-11-9)6-8-13(3)4/h10-11H,5-8H2,1-4H3. The molecule has 13 heavy (non-hydrogen) atoms. The molecule has 0 atom stereocenters. The summed E-state index contributed by atoms with van der Waals surface area (Å²) in [6.45, 7) is 2.26. The smallest absolute Gasteiger partial charge is 0.0967 e. The van der Waals surface area contributed by atoms with Gasteiger partial charge in [0.05, 0.1) is 5.66 Å². The van der Waals surface area contributed by atoms with Crippen LogP contribution in [0.15, 0.2) is 0 Å². The molecule has 0 aromatic heterocycles. The van der Waals surface area contributed by atoms with Gasteiger partial charge >= 0.3 is 0 Å². The van der Waals surface area contributed by atoms with Gasteiger partial charge in [0.25, 0.3) is 0 Å². The summed E-state index contributed by atoms with van der Waals surface area (Å²) in [4.78, 5) is 4.44. The second kappa shape index (κ2) is 4.37. The first-order valence-corrected chi connectivity index (χ1v) is 4.88. The van der Waals surface area contributed by atoms with E-state index < -0.39 is 0 Å². The van der Waals surface area contributed by atoms with Gasteiger partial charge in [-0.1, -0.05) is 0 Å². The van der Waals surface area contributed by atoms with Gasteiger partial charge in [0, 0.05) is 13.1 Å². The van der Waals surface area contributed by atoms with Crippen LogP contribution in [0.25, 0.3) is 0 Å². The highest BCUT2D eigenvalue weighted by atomic mass is 15.7. The Kier molecular flexibility index (Phi) is 3.67. The number of hydrogen-bond donors (Lipinski definition) is 2. The lowest BCUT2D eigenvalue weighted by Gasteiger charge is -2.17. The highest BCUT2D eigenvalue weighted by Crippen LogP contribution is 2.20. The Labute approximate surface area is 81.2 Å². The highest BCUT2D eigenvalue weighted by molar-refractivity contribution is 4.94. The van der Waals surface area contributed by atoms with E-state index in [4.69, 9.17) is 0 Å². The van der Waals surface area contributed by atoms with E-state index in [0.717, 1.165) is 13.1 Å². The number of hydrazine groups is 1. The van der Waals surface area contributed by atoms with Gasteiger partial charge in [0.2, 0.25) is 0 Å². The molecular formula is C9H22N4. The van der Waals surface area contributed by atoms with Crippen LogP contribution in [-0.2, 0) is 0 Å². The quantitative estimate of drug-likeness (QED) is 0.559. The molecule has 4 nitrogen and oxygen atoms in total. The van der Waals surface area contributed by atoms with E-state index in [1.54, 1.807) is 0 Å². The molecule has 1 saturated heterocycles. The predicted molar refractivity (Wildman–Crippen MR) is 55.3 cm³/mol. The molecule has 1 aliphatic heterocycles. The maximum Gasteiger partial charge on any atom is 0.0967 e. The summed E-state index contributed by atoms with van der Waals surface area (Å²) in [5, 5.41) is 0. The third-order valence-corrected chi connectivity index (χ3v) is 2.45. The molecule has 1 heterocycles. The van der Waals surface area contributed by atoms with Crippen molar-refractivity contribution in [1.29, 1.82) is 0 Å². The lowest BCUT2D eigenvalue weighted by atomic mass is 10.1. The molecule has 1 aliphatic rings. The van der Waals surface area contributed by atoms with Crippen molar-refractivity contribution in [3.63, 3.8) is 0 Å². The Bertz CT molecular complexity index is 138. The molecule has 0 unspecified atom stereocenters. The zero-order valence-electron chi connectivity index (χ0n) is 9.22. The van der Waals surface area contributed by atoms with Gasteiger partial charge in [-0.05, 0) is 41.0 Å². The molecule has 0 aliphatic carbocycles. The molecule has 0 amide bonds. The van der Waals surface area contributed by atoms with Crippen LogP contribution < -0.4 is 10.9 Å². The normalized spacial score (nSPS) is 19.8. The van der Waals surface area contributed by atoms with Gasteiger partial charge in [-0.3, -0.25) is 0 Å². The minimum absolute atomic E-state index is 0.231. The maximum absolute atomic E-state index is 3.26. The molecule has 0 aromatic carbocycles. The first kappa shape index (κ1) is 10.9. The number of nitrogens with zero attached hydrogens (tertiary/aromatic N) is 2. The third-order valence-electron chi connectivity index (χ3n) is 2.45. The molecule has 78 valence electrons. The van der Waals surface area contributed by atoms with Crippen molar-refractivity contribution in [2.45, 2.75) is 18.5 Å². The molecule has 1 fully saturated rings. The van der Waals surface area contributed by atoms with Crippen molar-refractivity contribution in [2.24, 2.45) is 0 Å². The Morgan fingerprint density at radius 3 is 1.46 bits per heavy atom. The molecule has 0 radical (unpaired) electrons. The molecule has 0 saturated carbocycles. The number of rotatable bonds is 6. The van der Waals surface area contributed by atoms with Gasteiger partial charge < -0.3 is 9.80 Å². The minimum atomic E-state index is 0.231. The Morgan fingerprint density at radius 1 is 0.846 bits per heavy atom. The van der Waals surface area contributed by atoms with Crippen molar-refractivity contribution >= 4 is 0 Å². The van der Waals surface area contributed by atoms with Crippen LogP contribution in [0.3, 0.4) is 0 Å². The van der Waals surface area contributed by atoms with Crippen molar-refractivity contribution in [3.05, 3.63) is 0 Å². The number of nitrogens with one attached hydrogen (secondary N) is 2. The fourth-order valence-electron chi connectivity index (χ4n) is 1.29. The zero-order chi connectivity index (χ0) is 9.90. The van der Waals surface area contributed by atoms with Gasteiger partial charge in [-0.25, -0.2) is 10.9 Å². The Hall–Kier alpha value is -0.160. The summed E-state index contributed by atoms with van der Waals surface area (Å²) in [5.74, 6) is 0. The van der Waals surface area contributed by atoms with Crippen LogP contribution >= 0.6 is 0 Å². The van der Waals surface area contributed by atoms with E-state index in [1.165, 1.54) is 12.8 Å². The van der Waals surface area contributed by atoms with E-state index in [1.807, 2.05) is 0 Å². The lowest BCUT2D eigenvalue weighted by molar-refractivity contribution is 0.323. The average molecular weight is 186 g/mol. The molecule has 4 heteroatoms. The van der Waals surface area contributed by atoms with Gasteiger partial charge in [0.15, 0.2) is 0 Å². The molecular weight excluding hydrogens is 164 g/mol. The van der Waals surface area contributed by atoms with Gasteiger partial charge in [-0.15, -0.1) is 0 Å². The van der Waals surface area contributed by atoms with Crippen LogP contribution in [0.1, 0.15) is 12.8 Å². The predicted octanol–water partition coefficient (Wildman–Crippen LogP) is -0.306. The van der Waals surface area contributed by atoms with Crippen LogP contribution in [0.2, 0.25) is 0 Å². The molecule has 0 spiro atoms. The zero-order valence-corrected chi connectivity index (χ0v) is 9.22. The van der Waals surface area contributed by atoms with Crippen molar-refractivity contribution in [3.8, 4) is 0 Å². The van der Waals surface area contributed by atoms with Gasteiger partial charge in [-0.2, -0.15) is 0 Å². The fraction of sp³-hybridized carbons (Fsp3) is 1.00. The summed E-state index contributed by atoms with van der Waals surface area (Å²) in [6, 6.07) is 0. The summed E-state index contributed by atoms with van der Waals surface area (Å²) in [7, 11) is 8.45. The highest BCUT2D eigenvalue weighted by Gasteiger charge is 2.40. The SMILES string of the molecule is CN(C)CCC1(CCN(C)C)NN1. The van der Waals surface area contributed by atoms with Crippen molar-refractivity contribution in [1.82, 2.24) is 20.7 Å². The Morgan fingerprint density at radius 2 is 1.23 bits per heavy atom. The van der Waals surface area contributed by atoms with E-state index in [2.05, 4.69) is 48.8 Å². The van der Waals surface area contributed by atoms with Crippen LogP contribution in [0.4, 0.5) is 0 Å². The van der Waals surface area contributed by atoms with Crippen LogP contribution in [0, 0.1) is 0 Å². The van der Waals surface area contributed by atoms with Crippen molar-refractivity contribution in [2.75, 3.05) is 41.3 Å². The summed E-state index contributed by atoms with van der Waals surface area (Å²) >= 11 is 0. The van der Waals surface area contributed by atoms with E-state index in [-0.39, 0.29) is 5.66 Å².